The highest BCUT2D eigenvalue weighted by molar-refractivity contribution is 9.09. The Labute approximate surface area is 114 Å². The van der Waals surface area contributed by atoms with Gasteiger partial charge in [0.1, 0.15) is 0 Å². The molecule has 2 rings (SSSR count). The number of halogens is 1. The lowest BCUT2D eigenvalue weighted by Crippen LogP contribution is -2.38. The van der Waals surface area contributed by atoms with E-state index >= 15 is 0 Å². The van der Waals surface area contributed by atoms with E-state index in [9.17, 15) is 0 Å². The van der Waals surface area contributed by atoms with Gasteiger partial charge in [0.15, 0.2) is 6.29 Å². The summed E-state index contributed by atoms with van der Waals surface area (Å²) in [7, 11) is 0. The van der Waals surface area contributed by atoms with Gasteiger partial charge < -0.3 is 9.47 Å². The topological polar surface area (TPSA) is 18.5 Å². The SMILES string of the molecule is CC(C)[C@H]1CC[C@@H](C)C[C@@H]1OC1OCC[C@H]1Br. The van der Waals surface area contributed by atoms with Crippen LogP contribution in [0.5, 0.6) is 0 Å². The molecule has 3 heteroatoms. The summed E-state index contributed by atoms with van der Waals surface area (Å²) in [5.74, 6) is 2.21. The second-order valence-corrected chi connectivity index (χ2v) is 7.22. The van der Waals surface area contributed by atoms with Gasteiger partial charge in [-0.25, -0.2) is 0 Å². The zero-order valence-electron chi connectivity index (χ0n) is 11.2. The Kier molecular flexibility index (Phi) is 4.90. The lowest BCUT2D eigenvalue weighted by Gasteiger charge is -2.38. The highest BCUT2D eigenvalue weighted by Gasteiger charge is 2.36. The van der Waals surface area contributed by atoms with Crippen molar-refractivity contribution in [2.75, 3.05) is 6.61 Å². The first-order chi connectivity index (χ1) is 8.08. The predicted molar refractivity (Wildman–Crippen MR) is 73.3 cm³/mol. The molecular weight excluding hydrogens is 280 g/mol. The first-order valence-electron chi connectivity index (χ1n) is 6.99. The predicted octanol–water partition coefficient (Wildman–Crippen LogP) is 3.97. The van der Waals surface area contributed by atoms with Crippen LogP contribution < -0.4 is 0 Å². The molecule has 0 N–H and O–H groups in total. The lowest BCUT2D eigenvalue weighted by molar-refractivity contribution is -0.171. The summed E-state index contributed by atoms with van der Waals surface area (Å²) in [6.45, 7) is 7.81. The molecule has 0 aromatic carbocycles. The van der Waals surface area contributed by atoms with Crippen LogP contribution in [0.4, 0.5) is 0 Å². The molecule has 0 spiro atoms. The minimum atomic E-state index is -0.0217. The van der Waals surface area contributed by atoms with Gasteiger partial charge >= 0.3 is 0 Å². The molecule has 2 nitrogen and oxygen atoms in total. The van der Waals surface area contributed by atoms with Gasteiger partial charge in [-0.3, -0.25) is 0 Å². The van der Waals surface area contributed by atoms with Crippen molar-refractivity contribution in [2.45, 2.75) is 63.7 Å². The molecule has 1 aliphatic heterocycles. The second kappa shape index (κ2) is 6.03. The van der Waals surface area contributed by atoms with Crippen molar-refractivity contribution >= 4 is 15.9 Å². The third-order valence-corrected chi connectivity index (χ3v) is 5.13. The fraction of sp³-hybridized carbons (Fsp3) is 1.00. The van der Waals surface area contributed by atoms with Crippen LogP contribution in [0.25, 0.3) is 0 Å². The Balaban J connectivity index is 1.94. The molecule has 1 saturated heterocycles. The summed E-state index contributed by atoms with van der Waals surface area (Å²) >= 11 is 3.65. The summed E-state index contributed by atoms with van der Waals surface area (Å²) in [5, 5.41) is 0. The van der Waals surface area contributed by atoms with Crippen LogP contribution in [0, 0.1) is 17.8 Å². The summed E-state index contributed by atoms with van der Waals surface area (Å²) in [6.07, 6.45) is 5.30. The summed E-state index contributed by atoms with van der Waals surface area (Å²) < 4.78 is 11.9. The van der Waals surface area contributed by atoms with E-state index < -0.39 is 0 Å². The Morgan fingerprint density at radius 3 is 2.59 bits per heavy atom. The van der Waals surface area contributed by atoms with Crippen molar-refractivity contribution in [1.82, 2.24) is 0 Å². The molecule has 0 aromatic heterocycles. The first-order valence-corrected chi connectivity index (χ1v) is 7.90. The van der Waals surface area contributed by atoms with Crippen LogP contribution in [0.1, 0.15) is 46.5 Å². The average molecular weight is 305 g/mol. The van der Waals surface area contributed by atoms with Crippen molar-refractivity contribution < 1.29 is 9.47 Å². The van der Waals surface area contributed by atoms with Gasteiger partial charge in [-0.15, -0.1) is 0 Å². The minimum absolute atomic E-state index is 0.0217. The first kappa shape index (κ1) is 13.8. The van der Waals surface area contributed by atoms with Crippen LogP contribution in [0.3, 0.4) is 0 Å². The fourth-order valence-corrected chi connectivity index (χ4v) is 3.57. The van der Waals surface area contributed by atoms with Gasteiger partial charge in [0.25, 0.3) is 0 Å². The van der Waals surface area contributed by atoms with E-state index in [1.165, 1.54) is 19.3 Å². The maximum Gasteiger partial charge on any atom is 0.170 e. The van der Waals surface area contributed by atoms with E-state index in [2.05, 4.69) is 36.7 Å². The quantitative estimate of drug-likeness (QED) is 0.734. The molecule has 17 heavy (non-hydrogen) atoms. The number of hydrogen-bond donors (Lipinski definition) is 0. The van der Waals surface area contributed by atoms with Crippen molar-refractivity contribution in [3.63, 3.8) is 0 Å². The van der Waals surface area contributed by atoms with E-state index in [0.29, 0.717) is 22.8 Å². The molecule has 2 aliphatic rings. The number of alkyl halides is 1. The number of rotatable bonds is 3. The van der Waals surface area contributed by atoms with E-state index in [4.69, 9.17) is 9.47 Å². The molecule has 0 amide bonds. The normalized spacial score (nSPS) is 43.2. The summed E-state index contributed by atoms with van der Waals surface area (Å²) in [6, 6.07) is 0. The van der Waals surface area contributed by atoms with E-state index in [1.54, 1.807) is 0 Å². The maximum absolute atomic E-state index is 6.24. The van der Waals surface area contributed by atoms with E-state index in [1.807, 2.05) is 0 Å². The molecule has 0 radical (unpaired) electrons. The average Bonchev–Trinajstić information content (AvgIpc) is 2.64. The molecule has 100 valence electrons. The highest BCUT2D eigenvalue weighted by atomic mass is 79.9. The molecule has 2 fully saturated rings. The largest absolute Gasteiger partial charge is 0.351 e. The van der Waals surface area contributed by atoms with Gasteiger partial charge in [-0.05, 0) is 37.0 Å². The van der Waals surface area contributed by atoms with Crippen LogP contribution in [-0.2, 0) is 9.47 Å². The third-order valence-electron chi connectivity index (χ3n) is 4.24. The van der Waals surface area contributed by atoms with E-state index in [-0.39, 0.29) is 6.29 Å². The van der Waals surface area contributed by atoms with E-state index in [0.717, 1.165) is 18.9 Å². The molecular formula is C14H25BrO2. The zero-order chi connectivity index (χ0) is 12.4. The molecule has 1 saturated carbocycles. The van der Waals surface area contributed by atoms with Crippen LogP contribution in [-0.4, -0.2) is 23.8 Å². The molecule has 1 heterocycles. The Hall–Kier alpha value is 0.400. The zero-order valence-corrected chi connectivity index (χ0v) is 12.8. The van der Waals surface area contributed by atoms with Gasteiger partial charge in [0, 0.05) is 0 Å². The van der Waals surface area contributed by atoms with Crippen molar-refractivity contribution in [2.24, 2.45) is 17.8 Å². The molecule has 0 bridgehead atoms. The minimum Gasteiger partial charge on any atom is -0.351 e. The second-order valence-electron chi connectivity index (χ2n) is 6.04. The lowest BCUT2D eigenvalue weighted by atomic mass is 9.75. The smallest absolute Gasteiger partial charge is 0.170 e. The van der Waals surface area contributed by atoms with Gasteiger partial charge in [-0.2, -0.15) is 0 Å². The van der Waals surface area contributed by atoms with Crippen LogP contribution >= 0.6 is 15.9 Å². The van der Waals surface area contributed by atoms with Gasteiger partial charge in [-0.1, -0.05) is 43.1 Å². The van der Waals surface area contributed by atoms with Gasteiger partial charge in [0.05, 0.1) is 17.5 Å². The van der Waals surface area contributed by atoms with Crippen molar-refractivity contribution in [3.05, 3.63) is 0 Å². The van der Waals surface area contributed by atoms with Crippen LogP contribution in [0.2, 0.25) is 0 Å². The van der Waals surface area contributed by atoms with Crippen molar-refractivity contribution in [3.8, 4) is 0 Å². The fourth-order valence-electron chi connectivity index (χ4n) is 3.11. The number of hydrogen-bond acceptors (Lipinski definition) is 2. The third kappa shape index (κ3) is 3.45. The maximum atomic E-state index is 6.24. The monoisotopic (exact) mass is 304 g/mol. The Morgan fingerprint density at radius 2 is 2.00 bits per heavy atom. The van der Waals surface area contributed by atoms with Crippen molar-refractivity contribution in [1.29, 1.82) is 0 Å². The molecule has 1 aliphatic carbocycles. The molecule has 0 aromatic rings. The highest BCUT2D eigenvalue weighted by Crippen LogP contribution is 2.37. The van der Waals surface area contributed by atoms with Gasteiger partial charge in [0.2, 0.25) is 0 Å². The molecule has 1 unspecified atom stereocenters. The Morgan fingerprint density at radius 1 is 1.24 bits per heavy atom. The molecule has 5 atom stereocenters. The summed E-state index contributed by atoms with van der Waals surface area (Å²) in [4.78, 5) is 0.382. The summed E-state index contributed by atoms with van der Waals surface area (Å²) in [5.41, 5.74) is 0. The Bertz CT molecular complexity index is 244. The van der Waals surface area contributed by atoms with Crippen LogP contribution in [0.15, 0.2) is 0 Å². The standard InChI is InChI=1S/C14H25BrO2/c1-9(2)11-5-4-10(3)8-13(11)17-14-12(15)6-7-16-14/h9-14H,4-8H2,1-3H3/t10-,11-,12-,13+,14?/m1/s1. The number of ether oxygens (including phenoxy) is 2.